The highest BCUT2D eigenvalue weighted by atomic mass is 19.1. The van der Waals surface area contributed by atoms with Crippen LogP contribution in [0, 0.1) is 35.9 Å². The molecule has 3 unspecified atom stereocenters. The topological polar surface area (TPSA) is 35.8 Å². The first-order valence-corrected chi connectivity index (χ1v) is 9.72. The molecule has 0 bridgehead atoms. The molecular weight excluding hydrogens is 335 g/mol. The first-order valence-electron chi connectivity index (χ1n) is 9.72. The zero-order valence-corrected chi connectivity index (χ0v) is 15.8. The highest BCUT2D eigenvalue weighted by Gasteiger charge is 2.57. The SMILES string of the molecule is C=C(CC1CCC2(c3cccc(C#N)c3)CC2C1)Nc1ccc(F)c(C)c1. The number of aryl methyl sites for hydroxylation is 1. The highest BCUT2D eigenvalue weighted by molar-refractivity contribution is 5.50. The standard InChI is InChI=1S/C24H25FN2/c1-16-10-22(6-7-23(16)25)27-17(2)11-18-8-9-24(14-21(24)12-18)20-5-3-4-19(13-20)15-26/h3-7,10,13,18,21,27H,2,8-9,11-12,14H2,1H3. The number of rotatable bonds is 5. The molecule has 2 aliphatic rings. The van der Waals surface area contributed by atoms with Crippen LogP contribution in [-0.4, -0.2) is 0 Å². The van der Waals surface area contributed by atoms with Gasteiger partial charge in [0.2, 0.25) is 0 Å². The number of anilines is 1. The van der Waals surface area contributed by atoms with Gasteiger partial charge in [0, 0.05) is 11.4 Å². The zero-order valence-electron chi connectivity index (χ0n) is 15.8. The van der Waals surface area contributed by atoms with E-state index in [-0.39, 0.29) is 5.82 Å². The molecular formula is C24H25FN2. The number of nitrogens with one attached hydrogen (secondary N) is 1. The summed E-state index contributed by atoms with van der Waals surface area (Å²) in [5, 5.41) is 12.5. The van der Waals surface area contributed by atoms with Crippen LogP contribution in [0.4, 0.5) is 10.1 Å². The Labute approximate surface area is 160 Å². The number of nitrogens with zero attached hydrogens (tertiary/aromatic N) is 1. The summed E-state index contributed by atoms with van der Waals surface area (Å²) in [5.74, 6) is 1.20. The van der Waals surface area contributed by atoms with E-state index in [0.717, 1.165) is 29.3 Å². The van der Waals surface area contributed by atoms with Crippen LogP contribution in [0.15, 0.2) is 54.7 Å². The third-order valence-electron chi connectivity index (χ3n) is 6.43. The van der Waals surface area contributed by atoms with E-state index in [0.29, 0.717) is 16.9 Å². The van der Waals surface area contributed by atoms with Gasteiger partial charge in [-0.25, -0.2) is 4.39 Å². The predicted molar refractivity (Wildman–Crippen MR) is 107 cm³/mol. The molecule has 2 aliphatic carbocycles. The molecule has 2 aromatic rings. The monoisotopic (exact) mass is 360 g/mol. The van der Waals surface area contributed by atoms with Crippen molar-refractivity contribution in [2.75, 3.05) is 5.32 Å². The summed E-state index contributed by atoms with van der Waals surface area (Å²) in [6.07, 6.45) is 5.81. The van der Waals surface area contributed by atoms with Crippen molar-refractivity contribution < 1.29 is 4.39 Å². The maximum atomic E-state index is 13.4. The molecule has 2 saturated carbocycles. The number of allylic oxidation sites excluding steroid dienone is 1. The number of nitriles is 1. The summed E-state index contributed by atoms with van der Waals surface area (Å²) >= 11 is 0. The molecule has 138 valence electrons. The zero-order chi connectivity index (χ0) is 19.0. The Balaban J connectivity index is 1.35. The molecule has 27 heavy (non-hydrogen) atoms. The van der Waals surface area contributed by atoms with E-state index in [1.54, 1.807) is 13.0 Å². The van der Waals surface area contributed by atoms with E-state index in [2.05, 4.69) is 30.1 Å². The van der Waals surface area contributed by atoms with E-state index >= 15 is 0 Å². The molecule has 3 atom stereocenters. The van der Waals surface area contributed by atoms with Gasteiger partial charge >= 0.3 is 0 Å². The number of halogens is 1. The molecule has 2 aromatic carbocycles. The van der Waals surface area contributed by atoms with Gasteiger partial charge in [-0.2, -0.15) is 5.26 Å². The summed E-state index contributed by atoms with van der Waals surface area (Å²) in [5.41, 5.74) is 4.99. The molecule has 2 fully saturated rings. The van der Waals surface area contributed by atoms with Gasteiger partial charge in [-0.1, -0.05) is 18.7 Å². The number of hydrogen-bond donors (Lipinski definition) is 1. The molecule has 0 heterocycles. The minimum absolute atomic E-state index is 0.177. The molecule has 0 spiro atoms. The summed E-state index contributed by atoms with van der Waals surface area (Å²) in [7, 11) is 0. The average Bonchev–Trinajstić information content (AvgIpc) is 3.40. The van der Waals surface area contributed by atoms with Gasteiger partial charge in [-0.05, 0) is 97.7 Å². The molecule has 0 aromatic heterocycles. The van der Waals surface area contributed by atoms with Crippen LogP contribution in [0.5, 0.6) is 0 Å². The third kappa shape index (κ3) is 3.49. The van der Waals surface area contributed by atoms with E-state index < -0.39 is 0 Å². The lowest BCUT2D eigenvalue weighted by Gasteiger charge is -2.29. The first kappa shape index (κ1) is 17.8. The van der Waals surface area contributed by atoms with Crippen molar-refractivity contribution in [3.05, 3.63) is 77.2 Å². The quantitative estimate of drug-likeness (QED) is 0.701. The maximum absolute atomic E-state index is 13.4. The second kappa shape index (κ2) is 6.85. The van der Waals surface area contributed by atoms with Crippen molar-refractivity contribution in [2.24, 2.45) is 11.8 Å². The smallest absolute Gasteiger partial charge is 0.126 e. The average molecular weight is 360 g/mol. The molecule has 3 heteroatoms. The number of hydrogen-bond acceptors (Lipinski definition) is 2. The Morgan fingerprint density at radius 3 is 2.93 bits per heavy atom. The van der Waals surface area contributed by atoms with Gasteiger partial charge in [0.05, 0.1) is 11.6 Å². The van der Waals surface area contributed by atoms with Crippen LogP contribution < -0.4 is 5.32 Å². The largest absolute Gasteiger partial charge is 0.359 e. The lowest BCUT2D eigenvalue weighted by Crippen LogP contribution is -2.21. The lowest BCUT2D eigenvalue weighted by atomic mass is 9.76. The van der Waals surface area contributed by atoms with Crippen molar-refractivity contribution >= 4 is 5.69 Å². The number of fused-ring (bicyclic) bond motifs is 1. The molecule has 4 rings (SSSR count). The maximum Gasteiger partial charge on any atom is 0.126 e. The third-order valence-corrected chi connectivity index (χ3v) is 6.43. The summed E-state index contributed by atoms with van der Waals surface area (Å²) in [6, 6.07) is 15.5. The second-order valence-electron chi connectivity index (χ2n) is 8.29. The van der Waals surface area contributed by atoms with Gasteiger partial charge < -0.3 is 5.32 Å². The minimum Gasteiger partial charge on any atom is -0.359 e. The summed E-state index contributed by atoms with van der Waals surface area (Å²) < 4.78 is 13.4. The second-order valence-corrected chi connectivity index (χ2v) is 8.29. The van der Waals surface area contributed by atoms with Crippen LogP contribution in [0.25, 0.3) is 0 Å². The summed E-state index contributed by atoms with van der Waals surface area (Å²) in [6.45, 7) is 5.97. The first-order chi connectivity index (χ1) is 13.0. The van der Waals surface area contributed by atoms with Crippen LogP contribution in [0.3, 0.4) is 0 Å². The van der Waals surface area contributed by atoms with Gasteiger partial charge in [-0.3, -0.25) is 0 Å². The van der Waals surface area contributed by atoms with Crippen molar-refractivity contribution in [3.8, 4) is 6.07 Å². The van der Waals surface area contributed by atoms with E-state index in [1.165, 1.54) is 37.3 Å². The van der Waals surface area contributed by atoms with Gasteiger partial charge in [-0.15, -0.1) is 0 Å². The van der Waals surface area contributed by atoms with Crippen molar-refractivity contribution in [3.63, 3.8) is 0 Å². The predicted octanol–water partition coefficient (Wildman–Crippen LogP) is 6.08. The van der Waals surface area contributed by atoms with Gasteiger partial charge in [0.15, 0.2) is 0 Å². The van der Waals surface area contributed by atoms with Crippen molar-refractivity contribution in [2.45, 2.75) is 44.4 Å². The Morgan fingerprint density at radius 1 is 1.33 bits per heavy atom. The normalized spacial score (nSPS) is 26.0. The summed E-state index contributed by atoms with van der Waals surface area (Å²) in [4.78, 5) is 0. The van der Waals surface area contributed by atoms with Crippen molar-refractivity contribution in [1.82, 2.24) is 0 Å². The van der Waals surface area contributed by atoms with Crippen LogP contribution in [0.2, 0.25) is 0 Å². The van der Waals surface area contributed by atoms with Crippen LogP contribution >= 0.6 is 0 Å². The van der Waals surface area contributed by atoms with Crippen LogP contribution in [0.1, 0.15) is 48.8 Å². The highest BCUT2D eigenvalue weighted by Crippen LogP contribution is 2.64. The lowest BCUT2D eigenvalue weighted by molar-refractivity contribution is 0.315. The molecule has 2 nitrogen and oxygen atoms in total. The molecule has 0 aliphatic heterocycles. The van der Waals surface area contributed by atoms with E-state index in [4.69, 9.17) is 5.26 Å². The molecule has 0 amide bonds. The van der Waals surface area contributed by atoms with E-state index in [9.17, 15) is 4.39 Å². The Kier molecular flexibility index (Phi) is 4.52. The van der Waals surface area contributed by atoms with Gasteiger partial charge in [0.1, 0.15) is 5.82 Å². The molecule has 1 N–H and O–H groups in total. The molecule has 0 saturated heterocycles. The fraction of sp³-hybridized carbons (Fsp3) is 0.375. The fourth-order valence-electron chi connectivity index (χ4n) is 4.89. The Hall–Kier alpha value is -2.60. The Bertz CT molecular complexity index is 926. The Morgan fingerprint density at radius 2 is 2.19 bits per heavy atom. The minimum atomic E-state index is -0.177. The fourth-order valence-corrected chi connectivity index (χ4v) is 4.89. The molecule has 0 radical (unpaired) electrons. The van der Waals surface area contributed by atoms with Crippen LogP contribution in [-0.2, 0) is 5.41 Å². The van der Waals surface area contributed by atoms with Crippen molar-refractivity contribution in [1.29, 1.82) is 5.26 Å². The van der Waals surface area contributed by atoms with Gasteiger partial charge in [0.25, 0.3) is 0 Å². The van der Waals surface area contributed by atoms with E-state index in [1.807, 2.05) is 18.2 Å². The number of benzene rings is 2.